The zero-order valence-electron chi connectivity index (χ0n) is 25.6. The predicted octanol–water partition coefficient (Wildman–Crippen LogP) is 3.61. The minimum Gasteiger partial charge on any atom is -0.507 e. The third-order valence-corrected chi connectivity index (χ3v) is 8.57. The zero-order valence-corrected chi connectivity index (χ0v) is 26.4. The van der Waals surface area contributed by atoms with Gasteiger partial charge in [0.2, 0.25) is 0 Å². The lowest BCUT2D eigenvalue weighted by atomic mass is 9.87. The lowest BCUT2D eigenvalue weighted by Gasteiger charge is -2.20. The van der Waals surface area contributed by atoms with Gasteiger partial charge in [-0.2, -0.15) is 0 Å². The van der Waals surface area contributed by atoms with E-state index >= 15 is 0 Å². The summed E-state index contributed by atoms with van der Waals surface area (Å²) in [5.41, 5.74) is 32.9. The highest BCUT2D eigenvalue weighted by Crippen LogP contribution is 2.39. The maximum Gasteiger partial charge on any atom is 0.122 e. The molecule has 0 amide bonds. The summed E-state index contributed by atoms with van der Waals surface area (Å²) in [7, 11) is 0. The first-order valence-corrected chi connectivity index (χ1v) is 15.4. The van der Waals surface area contributed by atoms with E-state index in [0.717, 1.165) is 22.3 Å². The van der Waals surface area contributed by atoms with Crippen molar-refractivity contribution >= 4 is 12.4 Å². The van der Waals surface area contributed by atoms with E-state index in [1.807, 2.05) is 48.5 Å². The summed E-state index contributed by atoms with van der Waals surface area (Å²) in [4.78, 5) is 0. The minimum atomic E-state index is 0. The molecule has 9 heteroatoms. The smallest absolute Gasteiger partial charge is 0.122 e. The highest BCUT2D eigenvalue weighted by atomic mass is 35.5. The fraction of sp³-hybridized carbons (Fsp3) is 0.333. The van der Waals surface area contributed by atoms with Crippen LogP contribution >= 0.6 is 12.4 Å². The van der Waals surface area contributed by atoms with Gasteiger partial charge in [0.1, 0.15) is 23.0 Å². The molecule has 0 radical (unpaired) electrons. The number of phenols is 4. The van der Waals surface area contributed by atoms with Crippen LogP contribution < -0.4 is 22.9 Å². The number of hydrogen-bond acceptors (Lipinski definition) is 8. The van der Waals surface area contributed by atoms with Gasteiger partial charge in [-0.3, -0.25) is 0 Å². The van der Waals surface area contributed by atoms with Crippen LogP contribution in [0.25, 0.3) is 0 Å². The van der Waals surface area contributed by atoms with Crippen LogP contribution in [-0.2, 0) is 51.4 Å². The molecule has 45 heavy (non-hydrogen) atoms. The number of halogens is 1. The first-order valence-electron chi connectivity index (χ1n) is 15.4. The van der Waals surface area contributed by atoms with E-state index in [1.165, 1.54) is 0 Å². The molecule has 0 spiro atoms. The molecule has 8 bridgehead atoms. The highest BCUT2D eigenvalue weighted by Gasteiger charge is 2.21. The number of fused-ring (bicyclic) bond motifs is 8. The van der Waals surface area contributed by atoms with Crippen molar-refractivity contribution in [2.45, 2.75) is 51.4 Å². The molecule has 8 nitrogen and oxygen atoms in total. The van der Waals surface area contributed by atoms with E-state index in [4.69, 9.17) is 22.9 Å². The monoisotopic (exact) mass is 632 g/mol. The third-order valence-electron chi connectivity index (χ3n) is 8.57. The Morgan fingerprint density at radius 2 is 0.511 bits per heavy atom. The van der Waals surface area contributed by atoms with Gasteiger partial charge in [0.15, 0.2) is 0 Å². The topological polar surface area (TPSA) is 185 Å². The van der Waals surface area contributed by atoms with Crippen LogP contribution in [0.5, 0.6) is 23.0 Å². The lowest BCUT2D eigenvalue weighted by molar-refractivity contribution is 0.450. The molecule has 240 valence electrons. The van der Waals surface area contributed by atoms with E-state index in [9.17, 15) is 20.4 Å². The van der Waals surface area contributed by atoms with Gasteiger partial charge in [-0.1, -0.05) is 48.5 Å². The van der Waals surface area contributed by atoms with Gasteiger partial charge in [0, 0.05) is 25.7 Å². The molecule has 0 aromatic heterocycles. The van der Waals surface area contributed by atoms with Gasteiger partial charge in [-0.05, 0) is 119 Å². The fourth-order valence-electron chi connectivity index (χ4n) is 6.47. The number of hydrogen-bond donors (Lipinski definition) is 8. The summed E-state index contributed by atoms with van der Waals surface area (Å²) in [6, 6.07) is 15.5. The van der Waals surface area contributed by atoms with E-state index < -0.39 is 0 Å². The Hall–Kier alpha value is -3.79. The van der Waals surface area contributed by atoms with Crippen molar-refractivity contribution in [2.75, 3.05) is 26.2 Å². The van der Waals surface area contributed by atoms with Gasteiger partial charge in [0.25, 0.3) is 0 Å². The summed E-state index contributed by atoms with van der Waals surface area (Å²) in [6.45, 7) is 1.78. The average Bonchev–Trinajstić information content (AvgIpc) is 2.98. The molecule has 0 heterocycles. The molecular formula is C36H45ClN4O4. The molecule has 12 N–H and O–H groups in total. The summed E-state index contributed by atoms with van der Waals surface area (Å²) in [5, 5.41) is 46.3. The summed E-state index contributed by atoms with van der Waals surface area (Å²) >= 11 is 0. The zero-order chi connectivity index (χ0) is 31.4. The van der Waals surface area contributed by atoms with Crippen molar-refractivity contribution in [2.24, 2.45) is 22.9 Å². The van der Waals surface area contributed by atoms with E-state index in [2.05, 4.69) is 0 Å². The van der Waals surface area contributed by atoms with E-state index in [-0.39, 0.29) is 61.1 Å². The number of benzene rings is 4. The summed E-state index contributed by atoms with van der Waals surface area (Å²) < 4.78 is 0. The number of aromatic hydroxyl groups is 4. The first-order chi connectivity index (χ1) is 21.2. The summed E-state index contributed by atoms with van der Waals surface area (Å²) in [5.74, 6) is 0.509. The third kappa shape index (κ3) is 7.54. The Morgan fingerprint density at radius 1 is 0.356 bits per heavy atom. The van der Waals surface area contributed by atoms with Crippen molar-refractivity contribution < 1.29 is 20.4 Å². The molecule has 5 rings (SSSR count). The van der Waals surface area contributed by atoms with Crippen LogP contribution in [0.2, 0.25) is 0 Å². The number of nitrogens with two attached hydrogens (primary N) is 4. The van der Waals surface area contributed by atoms with Gasteiger partial charge in [0.05, 0.1) is 0 Å². The Bertz CT molecular complexity index is 1340. The second-order valence-corrected chi connectivity index (χ2v) is 11.9. The van der Waals surface area contributed by atoms with Gasteiger partial charge in [-0.15, -0.1) is 12.4 Å². The van der Waals surface area contributed by atoms with Crippen LogP contribution in [0.4, 0.5) is 0 Å². The Morgan fingerprint density at radius 3 is 0.644 bits per heavy atom. The van der Waals surface area contributed by atoms with Crippen molar-refractivity contribution in [3.63, 3.8) is 0 Å². The second kappa shape index (κ2) is 15.0. The standard InChI is InChI=1S/C36H44N4O4.ClH/c37-5-1-21-9-25-17-27-11-22(2-6-38)13-29(34(27)42)19-31-15-24(4-8-40)16-32(36(31)44)20-30-14-23(3-7-39)12-28(35(30)43)18-26(10-21)33(25)41;/h9-16,41-44H,1-8,17-20,37-40H2;1H. The fourth-order valence-corrected chi connectivity index (χ4v) is 6.47. The molecule has 0 saturated carbocycles. The van der Waals surface area contributed by atoms with Gasteiger partial charge < -0.3 is 43.4 Å². The molecule has 4 aromatic rings. The van der Waals surface area contributed by atoms with Crippen LogP contribution in [-0.4, -0.2) is 46.6 Å². The Balaban J connectivity index is 0.00000461. The van der Waals surface area contributed by atoms with Crippen LogP contribution in [0.15, 0.2) is 48.5 Å². The second-order valence-electron chi connectivity index (χ2n) is 11.9. The molecule has 0 aliphatic heterocycles. The quantitative estimate of drug-likeness (QED) is 0.127. The molecule has 0 fully saturated rings. The highest BCUT2D eigenvalue weighted by molar-refractivity contribution is 5.85. The predicted molar refractivity (Wildman–Crippen MR) is 182 cm³/mol. The van der Waals surface area contributed by atoms with E-state index in [1.54, 1.807) is 0 Å². The van der Waals surface area contributed by atoms with E-state index in [0.29, 0.717) is 96.4 Å². The SMILES string of the molecule is Cl.NCCc1cc2c(O)c(c1)Cc1cc(CCN)cc(c1O)Cc1cc(CCN)cc(c1O)Cc1cc(CCN)cc(c1O)C2. The number of phenolic OH excluding ortho intramolecular Hbond substituents is 4. The van der Waals surface area contributed by atoms with Crippen LogP contribution in [0.3, 0.4) is 0 Å². The molecule has 4 aromatic carbocycles. The van der Waals surface area contributed by atoms with Crippen LogP contribution in [0, 0.1) is 0 Å². The van der Waals surface area contributed by atoms with Gasteiger partial charge >= 0.3 is 0 Å². The van der Waals surface area contributed by atoms with Crippen molar-refractivity contribution in [1.29, 1.82) is 0 Å². The van der Waals surface area contributed by atoms with Crippen LogP contribution in [0.1, 0.15) is 66.8 Å². The minimum absolute atomic E-state index is 0. The average molecular weight is 633 g/mol. The van der Waals surface area contributed by atoms with Crippen molar-refractivity contribution in [3.05, 3.63) is 115 Å². The molecule has 1 aliphatic carbocycles. The molecular weight excluding hydrogens is 588 g/mol. The molecule has 0 atom stereocenters. The maximum absolute atomic E-state index is 11.6. The maximum atomic E-state index is 11.6. The normalized spacial score (nSPS) is 12.5. The Kier molecular flexibility index (Phi) is 11.4. The Labute approximate surface area is 271 Å². The molecule has 1 aliphatic rings. The summed E-state index contributed by atoms with van der Waals surface area (Å²) in [6.07, 6.45) is 3.60. The largest absolute Gasteiger partial charge is 0.507 e. The lowest BCUT2D eigenvalue weighted by Crippen LogP contribution is -2.08. The first kappa shape index (κ1) is 34.1. The number of rotatable bonds is 8. The van der Waals surface area contributed by atoms with Crippen molar-refractivity contribution in [3.8, 4) is 23.0 Å². The van der Waals surface area contributed by atoms with Gasteiger partial charge in [-0.25, -0.2) is 0 Å². The molecule has 0 unspecified atom stereocenters. The molecule has 0 saturated heterocycles. The van der Waals surface area contributed by atoms with Crippen molar-refractivity contribution in [1.82, 2.24) is 0 Å².